The van der Waals surface area contributed by atoms with E-state index in [2.05, 4.69) is 0 Å². The van der Waals surface area contributed by atoms with Gasteiger partial charge in [-0.2, -0.15) is 4.73 Å². The molecule has 1 heterocycles. The van der Waals surface area contributed by atoms with E-state index in [0.717, 1.165) is 18.3 Å². The Morgan fingerprint density at radius 1 is 1.18 bits per heavy atom. The number of fused-ring (bicyclic) bond motifs is 1. The van der Waals surface area contributed by atoms with E-state index in [1.54, 1.807) is 0 Å². The standard InChI is InChI=1S/C10H7NO6/c12-7-1-4-6(2-8(7)13)11(17)3-5(9(4)14)10(15)16/h1-3,12-13,17H,(H,15,16). The Bertz CT molecular complexity index is 687. The highest BCUT2D eigenvalue weighted by Gasteiger charge is 2.16. The molecule has 17 heavy (non-hydrogen) atoms. The van der Waals surface area contributed by atoms with E-state index >= 15 is 0 Å². The van der Waals surface area contributed by atoms with E-state index < -0.39 is 28.5 Å². The molecule has 0 aliphatic rings. The van der Waals surface area contributed by atoms with Crippen molar-refractivity contribution in [2.24, 2.45) is 0 Å². The lowest BCUT2D eigenvalue weighted by Crippen LogP contribution is -2.18. The number of nitrogens with zero attached hydrogens (tertiary/aromatic N) is 1. The number of aromatic carboxylic acids is 1. The van der Waals surface area contributed by atoms with Gasteiger partial charge in [0.25, 0.3) is 0 Å². The molecule has 0 bridgehead atoms. The predicted octanol–water partition coefficient (Wildman–Crippen LogP) is 0.348. The number of aromatic hydroxyl groups is 2. The lowest BCUT2D eigenvalue weighted by atomic mass is 10.1. The first kappa shape index (κ1) is 10.8. The summed E-state index contributed by atoms with van der Waals surface area (Å²) in [6.07, 6.45) is 0.726. The summed E-state index contributed by atoms with van der Waals surface area (Å²) >= 11 is 0. The Kier molecular flexibility index (Phi) is 2.17. The van der Waals surface area contributed by atoms with Gasteiger partial charge >= 0.3 is 5.97 Å². The molecule has 1 aromatic carbocycles. The number of benzene rings is 1. The van der Waals surface area contributed by atoms with Gasteiger partial charge in [0.2, 0.25) is 5.43 Å². The minimum absolute atomic E-state index is 0.102. The van der Waals surface area contributed by atoms with Gasteiger partial charge in [-0.3, -0.25) is 4.79 Å². The molecule has 0 radical (unpaired) electrons. The van der Waals surface area contributed by atoms with Crippen LogP contribution in [0.5, 0.6) is 11.5 Å². The van der Waals surface area contributed by atoms with Crippen molar-refractivity contribution in [3.8, 4) is 11.5 Å². The van der Waals surface area contributed by atoms with Crippen LogP contribution in [0.2, 0.25) is 0 Å². The number of phenolic OH excluding ortho intramolecular Hbond substituents is 2. The average molecular weight is 237 g/mol. The van der Waals surface area contributed by atoms with Crippen LogP contribution < -0.4 is 5.43 Å². The number of carboxylic acid groups (broad SMARTS) is 1. The van der Waals surface area contributed by atoms with Crippen LogP contribution >= 0.6 is 0 Å². The van der Waals surface area contributed by atoms with Gasteiger partial charge in [-0.25, -0.2) is 4.79 Å². The highest BCUT2D eigenvalue weighted by Crippen LogP contribution is 2.28. The SMILES string of the molecule is O=C(O)c1cn(O)c2cc(O)c(O)cc2c1=O. The van der Waals surface area contributed by atoms with E-state index in [9.17, 15) is 25.0 Å². The van der Waals surface area contributed by atoms with Crippen molar-refractivity contribution in [3.63, 3.8) is 0 Å². The highest BCUT2D eigenvalue weighted by atomic mass is 16.5. The smallest absolute Gasteiger partial charge is 0.341 e. The summed E-state index contributed by atoms with van der Waals surface area (Å²) in [6.45, 7) is 0. The zero-order valence-electron chi connectivity index (χ0n) is 8.28. The topological polar surface area (TPSA) is 120 Å². The third kappa shape index (κ3) is 1.53. The summed E-state index contributed by atoms with van der Waals surface area (Å²) < 4.78 is 0.402. The van der Waals surface area contributed by atoms with E-state index in [-0.39, 0.29) is 10.9 Å². The molecule has 7 nitrogen and oxygen atoms in total. The largest absolute Gasteiger partial charge is 0.504 e. The van der Waals surface area contributed by atoms with Crippen molar-refractivity contribution in [1.29, 1.82) is 0 Å². The molecule has 1 aromatic heterocycles. The average Bonchev–Trinajstić information content (AvgIpc) is 2.25. The second-order valence-corrected chi connectivity index (χ2v) is 3.38. The van der Waals surface area contributed by atoms with Crippen molar-refractivity contribution in [3.05, 3.63) is 34.1 Å². The fourth-order valence-corrected chi connectivity index (χ4v) is 1.49. The minimum atomic E-state index is -1.49. The van der Waals surface area contributed by atoms with Gasteiger partial charge in [0.15, 0.2) is 11.5 Å². The lowest BCUT2D eigenvalue weighted by Gasteiger charge is -2.06. The molecule has 0 fully saturated rings. The summed E-state index contributed by atoms with van der Waals surface area (Å²) in [5, 5.41) is 36.4. The van der Waals surface area contributed by atoms with Gasteiger partial charge in [0.1, 0.15) is 5.56 Å². The van der Waals surface area contributed by atoms with Gasteiger partial charge < -0.3 is 20.5 Å². The van der Waals surface area contributed by atoms with Gasteiger partial charge in [0.05, 0.1) is 17.1 Å². The van der Waals surface area contributed by atoms with Crippen molar-refractivity contribution in [2.75, 3.05) is 0 Å². The third-order valence-corrected chi connectivity index (χ3v) is 2.31. The maximum atomic E-state index is 11.7. The van der Waals surface area contributed by atoms with Crippen molar-refractivity contribution in [1.82, 2.24) is 4.73 Å². The quantitative estimate of drug-likeness (QED) is 0.419. The zero-order valence-corrected chi connectivity index (χ0v) is 8.28. The normalized spacial score (nSPS) is 10.6. The van der Waals surface area contributed by atoms with Crippen LogP contribution in [-0.4, -0.2) is 31.2 Å². The van der Waals surface area contributed by atoms with Gasteiger partial charge in [0, 0.05) is 6.07 Å². The molecule has 0 atom stereocenters. The zero-order chi connectivity index (χ0) is 12.7. The monoisotopic (exact) mass is 237 g/mol. The van der Waals surface area contributed by atoms with Crippen LogP contribution in [0.1, 0.15) is 10.4 Å². The molecule has 2 rings (SSSR count). The Hall–Kier alpha value is -2.70. The molecule has 0 saturated carbocycles. The Morgan fingerprint density at radius 3 is 2.35 bits per heavy atom. The Morgan fingerprint density at radius 2 is 1.76 bits per heavy atom. The van der Waals surface area contributed by atoms with Crippen molar-refractivity contribution < 1.29 is 25.3 Å². The molecule has 0 amide bonds. The van der Waals surface area contributed by atoms with Crippen LogP contribution in [0.25, 0.3) is 10.9 Å². The molecular weight excluding hydrogens is 230 g/mol. The maximum Gasteiger partial charge on any atom is 0.341 e. The summed E-state index contributed by atoms with van der Waals surface area (Å²) in [6, 6.07) is 1.85. The van der Waals surface area contributed by atoms with E-state index in [4.69, 9.17) is 5.11 Å². The number of carboxylic acids is 1. The van der Waals surface area contributed by atoms with Gasteiger partial charge in [-0.05, 0) is 6.07 Å². The van der Waals surface area contributed by atoms with Crippen LogP contribution in [0.4, 0.5) is 0 Å². The summed E-state index contributed by atoms with van der Waals surface area (Å²) in [5.74, 6) is -2.59. The van der Waals surface area contributed by atoms with Gasteiger partial charge in [-0.15, -0.1) is 0 Å². The van der Waals surface area contributed by atoms with Crippen LogP contribution in [0, 0.1) is 0 Å². The molecule has 0 saturated heterocycles. The number of hydrogen-bond donors (Lipinski definition) is 4. The molecule has 0 aliphatic carbocycles. The Balaban J connectivity index is 2.99. The first-order valence-electron chi connectivity index (χ1n) is 4.45. The van der Waals surface area contributed by atoms with Crippen molar-refractivity contribution >= 4 is 16.9 Å². The lowest BCUT2D eigenvalue weighted by molar-refractivity contribution is 0.0691. The number of hydrogen-bond acceptors (Lipinski definition) is 5. The first-order valence-corrected chi connectivity index (χ1v) is 4.45. The molecule has 0 aliphatic heterocycles. The predicted molar refractivity (Wildman–Crippen MR) is 55.7 cm³/mol. The van der Waals surface area contributed by atoms with Crippen LogP contribution in [-0.2, 0) is 0 Å². The first-order chi connectivity index (χ1) is 7.91. The van der Waals surface area contributed by atoms with E-state index in [1.165, 1.54) is 0 Å². The summed E-state index contributed by atoms with van der Waals surface area (Å²) in [7, 11) is 0. The molecule has 0 spiro atoms. The molecule has 88 valence electrons. The second-order valence-electron chi connectivity index (χ2n) is 3.38. The maximum absolute atomic E-state index is 11.7. The number of carbonyl (C=O) groups is 1. The van der Waals surface area contributed by atoms with Gasteiger partial charge in [-0.1, -0.05) is 0 Å². The number of aromatic nitrogens is 1. The third-order valence-electron chi connectivity index (χ3n) is 2.31. The fraction of sp³-hybridized carbons (Fsp3) is 0. The number of phenols is 2. The van der Waals surface area contributed by atoms with Crippen LogP contribution in [0.3, 0.4) is 0 Å². The Labute approximate surface area is 93.4 Å². The molecular formula is C10H7NO6. The molecule has 0 unspecified atom stereocenters. The number of pyridine rings is 1. The van der Waals surface area contributed by atoms with Crippen molar-refractivity contribution in [2.45, 2.75) is 0 Å². The second kappa shape index (κ2) is 3.41. The van der Waals surface area contributed by atoms with E-state index in [0.29, 0.717) is 4.73 Å². The molecule has 2 aromatic rings. The minimum Gasteiger partial charge on any atom is -0.504 e. The summed E-state index contributed by atoms with van der Waals surface area (Å²) in [4.78, 5) is 22.4. The number of rotatable bonds is 1. The van der Waals surface area contributed by atoms with Crippen LogP contribution in [0.15, 0.2) is 23.1 Å². The fourth-order valence-electron chi connectivity index (χ4n) is 1.49. The molecule has 7 heteroatoms. The summed E-state index contributed by atoms with van der Waals surface area (Å²) in [5.41, 5.74) is -1.59. The highest BCUT2D eigenvalue weighted by molar-refractivity contribution is 5.93. The molecule has 4 N–H and O–H groups in total. The van der Waals surface area contributed by atoms with E-state index in [1.807, 2.05) is 0 Å².